The van der Waals surface area contributed by atoms with Gasteiger partial charge in [0.2, 0.25) is 0 Å². The van der Waals surface area contributed by atoms with E-state index in [2.05, 4.69) is 25.1 Å². The first-order valence-electron chi connectivity index (χ1n) is 7.91. The van der Waals surface area contributed by atoms with Crippen LogP contribution < -0.4 is 0 Å². The van der Waals surface area contributed by atoms with E-state index in [-0.39, 0.29) is 5.82 Å². The Balaban J connectivity index is 1.51. The second-order valence-electron chi connectivity index (χ2n) is 6.07. The van der Waals surface area contributed by atoms with Crippen LogP contribution in [0.25, 0.3) is 11.2 Å². The van der Waals surface area contributed by atoms with Crippen LogP contribution in [0.1, 0.15) is 30.0 Å². The lowest BCUT2D eigenvalue weighted by Gasteiger charge is -2.32. The van der Waals surface area contributed by atoms with Crippen LogP contribution in [0.3, 0.4) is 0 Å². The van der Waals surface area contributed by atoms with Crippen molar-refractivity contribution in [3.63, 3.8) is 0 Å². The van der Waals surface area contributed by atoms with Crippen molar-refractivity contribution < 1.29 is 4.39 Å². The number of nitrogens with one attached hydrogen (secondary N) is 1. The normalized spacial score (nSPS) is 19.3. The van der Waals surface area contributed by atoms with Gasteiger partial charge in [-0.2, -0.15) is 5.10 Å². The van der Waals surface area contributed by atoms with Crippen molar-refractivity contribution in [2.75, 3.05) is 13.1 Å². The topological polar surface area (TPSA) is 57.7 Å². The van der Waals surface area contributed by atoms with E-state index in [4.69, 9.17) is 0 Å². The molecule has 6 heteroatoms. The third kappa shape index (κ3) is 2.94. The van der Waals surface area contributed by atoms with Gasteiger partial charge in [-0.3, -0.25) is 10.00 Å². The third-order valence-corrected chi connectivity index (χ3v) is 4.45. The van der Waals surface area contributed by atoms with Gasteiger partial charge in [0.1, 0.15) is 11.3 Å². The van der Waals surface area contributed by atoms with Crippen molar-refractivity contribution in [3.05, 3.63) is 53.7 Å². The number of piperidine rings is 1. The Hall–Kier alpha value is -2.34. The molecule has 1 aliphatic rings. The molecular formula is C17H18FN5. The summed E-state index contributed by atoms with van der Waals surface area (Å²) >= 11 is 0. The summed E-state index contributed by atoms with van der Waals surface area (Å²) in [4.78, 5) is 11.1. The lowest BCUT2D eigenvalue weighted by atomic mass is 9.94. The first kappa shape index (κ1) is 14.3. The van der Waals surface area contributed by atoms with E-state index in [1.807, 2.05) is 12.1 Å². The molecule has 3 aromatic rings. The maximum Gasteiger partial charge on any atom is 0.199 e. The van der Waals surface area contributed by atoms with E-state index < -0.39 is 0 Å². The molecule has 0 bridgehead atoms. The molecule has 0 radical (unpaired) electrons. The molecule has 3 heterocycles. The van der Waals surface area contributed by atoms with Crippen LogP contribution in [0.5, 0.6) is 0 Å². The van der Waals surface area contributed by atoms with Crippen molar-refractivity contribution in [3.8, 4) is 0 Å². The average molecular weight is 311 g/mol. The summed E-state index contributed by atoms with van der Waals surface area (Å²) in [6, 6.07) is 6.76. The Morgan fingerprint density at radius 2 is 2.00 bits per heavy atom. The molecule has 1 N–H and O–H groups in total. The molecule has 1 atom stereocenters. The zero-order chi connectivity index (χ0) is 15.6. The fourth-order valence-electron chi connectivity index (χ4n) is 3.34. The first-order chi connectivity index (χ1) is 11.3. The molecule has 5 nitrogen and oxygen atoms in total. The molecule has 0 spiro atoms. The standard InChI is InChI=1S/C17H18FN5/c18-14-5-3-12(4-6-14)10-23-9-1-2-13(11-23)15-16-17(22-21-15)20-8-7-19-16/h3-8,13H,1-2,9-11H2,(H,20,21,22). The minimum absolute atomic E-state index is 0.187. The quantitative estimate of drug-likeness (QED) is 0.808. The van der Waals surface area contributed by atoms with E-state index in [0.29, 0.717) is 11.6 Å². The van der Waals surface area contributed by atoms with Gasteiger partial charge in [-0.25, -0.2) is 14.4 Å². The van der Waals surface area contributed by atoms with Crippen LogP contribution in [0.15, 0.2) is 36.7 Å². The maximum atomic E-state index is 13.0. The summed E-state index contributed by atoms with van der Waals surface area (Å²) in [5, 5.41) is 7.38. The van der Waals surface area contributed by atoms with E-state index in [9.17, 15) is 4.39 Å². The highest BCUT2D eigenvalue weighted by Crippen LogP contribution is 2.29. The Bertz CT molecular complexity index is 798. The number of aromatic amines is 1. The molecule has 2 aromatic heterocycles. The predicted octanol–water partition coefficient (Wildman–Crippen LogP) is 2.87. The summed E-state index contributed by atoms with van der Waals surface area (Å²) in [7, 11) is 0. The summed E-state index contributed by atoms with van der Waals surface area (Å²) in [6.07, 6.45) is 5.62. The lowest BCUT2D eigenvalue weighted by molar-refractivity contribution is 0.199. The van der Waals surface area contributed by atoms with Crippen molar-refractivity contribution >= 4 is 11.2 Å². The summed E-state index contributed by atoms with van der Waals surface area (Å²) in [5.74, 6) is 0.193. The van der Waals surface area contributed by atoms with E-state index in [0.717, 1.165) is 49.2 Å². The Kier molecular flexibility index (Phi) is 3.75. The molecule has 0 aliphatic carbocycles. The molecule has 0 amide bonds. The number of aromatic nitrogens is 4. The second kappa shape index (κ2) is 6.04. The number of fused-ring (bicyclic) bond motifs is 1. The van der Waals surface area contributed by atoms with E-state index >= 15 is 0 Å². The van der Waals surface area contributed by atoms with E-state index in [1.54, 1.807) is 12.4 Å². The zero-order valence-electron chi connectivity index (χ0n) is 12.7. The van der Waals surface area contributed by atoms with Gasteiger partial charge in [-0.15, -0.1) is 0 Å². The van der Waals surface area contributed by atoms with Crippen molar-refractivity contribution in [1.29, 1.82) is 0 Å². The van der Waals surface area contributed by atoms with Gasteiger partial charge in [0, 0.05) is 31.4 Å². The van der Waals surface area contributed by atoms with Crippen LogP contribution in [-0.4, -0.2) is 38.2 Å². The number of hydrogen-bond donors (Lipinski definition) is 1. The molecule has 23 heavy (non-hydrogen) atoms. The second-order valence-corrected chi connectivity index (χ2v) is 6.07. The van der Waals surface area contributed by atoms with E-state index in [1.165, 1.54) is 12.1 Å². The largest absolute Gasteiger partial charge is 0.298 e. The molecule has 0 saturated carbocycles. The number of hydrogen-bond acceptors (Lipinski definition) is 4. The molecule has 1 aliphatic heterocycles. The monoisotopic (exact) mass is 311 g/mol. The third-order valence-electron chi connectivity index (χ3n) is 4.45. The van der Waals surface area contributed by atoms with Crippen LogP contribution >= 0.6 is 0 Å². The molecule has 118 valence electrons. The number of likely N-dealkylation sites (tertiary alicyclic amines) is 1. The summed E-state index contributed by atoms with van der Waals surface area (Å²) in [5.41, 5.74) is 3.78. The average Bonchev–Trinajstić information content (AvgIpc) is 3.01. The SMILES string of the molecule is Fc1ccc(CN2CCCC(c3[nH]nc4nccnc34)C2)cc1. The van der Waals surface area contributed by atoms with Crippen molar-refractivity contribution in [2.24, 2.45) is 0 Å². The molecule has 1 unspecified atom stereocenters. The van der Waals surface area contributed by atoms with Gasteiger partial charge in [0.15, 0.2) is 5.65 Å². The highest BCUT2D eigenvalue weighted by atomic mass is 19.1. The smallest absolute Gasteiger partial charge is 0.199 e. The summed E-state index contributed by atoms with van der Waals surface area (Å²) in [6.45, 7) is 2.85. The number of nitrogens with zero attached hydrogens (tertiary/aromatic N) is 4. The maximum absolute atomic E-state index is 13.0. The highest BCUT2D eigenvalue weighted by Gasteiger charge is 2.25. The fraction of sp³-hybridized carbons (Fsp3) is 0.353. The molecule has 1 aromatic carbocycles. The Morgan fingerprint density at radius 3 is 2.87 bits per heavy atom. The number of halogens is 1. The molecule has 4 rings (SSSR count). The van der Waals surface area contributed by atoms with Gasteiger partial charge in [0.05, 0.1) is 5.69 Å². The zero-order valence-corrected chi connectivity index (χ0v) is 12.7. The number of rotatable bonds is 3. The van der Waals surface area contributed by atoms with Crippen molar-refractivity contribution in [1.82, 2.24) is 25.1 Å². The molecule has 1 saturated heterocycles. The number of H-pyrrole nitrogens is 1. The Labute approximate surface area is 133 Å². The van der Waals surface area contributed by atoms with Crippen LogP contribution in [-0.2, 0) is 6.54 Å². The van der Waals surface area contributed by atoms with Gasteiger partial charge in [0.25, 0.3) is 0 Å². The lowest BCUT2D eigenvalue weighted by Crippen LogP contribution is -2.34. The molecular weight excluding hydrogens is 293 g/mol. The molecule has 1 fully saturated rings. The van der Waals surface area contributed by atoms with Gasteiger partial charge >= 0.3 is 0 Å². The Morgan fingerprint density at radius 1 is 1.17 bits per heavy atom. The van der Waals surface area contributed by atoms with Gasteiger partial charge in [-0.1, -0.05) is 12.1 Å². The number of benzene rings is 1. The minimum atomic E-state index is -0.187. The van der Waals surface area contributed by atoms with Gasteiger partial charge < -0.3 is 0 Å². The highest BCUT2D eigenvalue weighted by molar-refractivity contribution is 5.72. The minimum Gasteiger partial charge on any atom is -0.298 e. The van der Waals surface area contributed by atoms with Crippen LogP contribution in [0.4, 0.5) is 4.39 Å². The predicted molar refractivity (Wildman–Crippen MR) is 85.3 cm³/mol. The van der Waals surface area contributed by atoms with Gasteiger partial charge in [-0.05, 0) is 37.1 Å². The van der Waals surface area contributed by atoms with Crippen LogP contribution in [0, 0.1) is 5.82 Å². The fourth-order valence-corrected chi connectivity index (χ4v) is 3.34. The summed E-state index contributed by atoms with van der Waals surface area (Å²) < 4.78 is 13.0. The van der Waals surface area contributed by atoms with Crippen LogP contribution in [0.2, 0.25) is 0 Å². The first-order valence-corrected chi connectivity index (χ1v) is 7.91. The van der Waals surface area contributed by atoms with Crippen molar-refractivity contribution in [2.45, 2.75) is 25.3 Å².